The van der Waals surface area contributed by atoms with Crippen LogP contribution in [0.3, 0.4) is 0 Å². The SMILES string of the molecule is Cc1cccc(OCCOc2c(Cl)cc(Cl)cc2C=C2SC(=S)N(c3ccccc3)C2=O)c1. The van der Waals surface area contributed by atoms with E-state index in [2.05, 4.69) is 0 Å². The molecule has 0 atom stereocenters. The van der Waals surface area contributed by atoms with Crippen molar-refractivity contribution in [3.63, 3.8) is 0 Å². The molecule has 8 heteroatoms. The van der Waals surface area contributed by atoms with E-state index in [1.807, 2.05) is 61.5 Å². The number of rotatable bonds is 7. The van der Waals surface area contributed by atoms with Gasteiger partial charge in [-0.1, -0.05) is 77.5 Å². The Hall–Kier alpha value is -2.51. The number of carbonyl (C=O) groups excluding carboxylic acids is 1. The van der Waals surface area contributed by atoms with E-state index in [0.717, 1.165) is 17.0 Å². The number of anilines is 1. The van der Waals surface area contributed by atoms with E-state index in [0.29, 0.717) is 37.2 Å². The Kier molecular flexibility index (Phi) is 7.60. The molecule has 0 N–H and O–H groups in total. The fourth-order valence-electron chi connectivity index (χ4n) is 3.26. The Morgan fingerprint density at radius 3 is 2.52 bits per heavy atom. The van der Waals surface area contributed by atoms with Gasteiger partial charge in [0.15, 0.2) is 4.32 Å². The topological polar surface area (TPSA) is 38.8 Å². The largest absolute Gasteiger partial charge is 0.490 e. The molecule has 0 unspecified atom stereocenters. The van der Waals surface area contributed by atoms with Crippen molar-refractivity contribution in [2.45, 2.75) is 6.92 Å². The zero-order valence-electron chi connectivity index (χ0n) is 17.6. The van der Waals surface area contributed by atoms with Gasteiger partial charge < -0.3 is 9.47 Å². The number of hydrogen-bond acceptors (Lipinski definition) is 5. The molecule has 1 aliphatic rings. The van der Waals surface area contributed by atoms with Crippen LogP contribution in [0.15, 0.2) is 71.6 Å². The zero-order chi connectivity index (χ0) is 23.4. The second-order valence-electron chi connectivity index (χ2n) is 7.17. The number of nitrogens with zero attached hydrogens (tertiary/aromatic N) is 1. The fourth-order valence-corrected chi connectivity index (χ4v) is 5.11. The van der Waals surface area contributed by atoms with Crippen LogP contribution in [0.2, 0.25) is 10.0 Å². The molecule has 0 bridgehead atoms. The van der Waals surface area contributed by atoms with Gasteiger partial charge in [-0.2, -0.15) is 0 Å². The summed E-state index contributed by atoms with van der Waals surface area (Å²) >= 11 is 19.3. The van der Waals surface area contributed by atoms with Gasteiger partial charge in [0.05, 0.1) is 15.6 Å². The monoisotopic (exact) mass is 515 g/mol. The quantitative estimate of drug-likeness (QED) is 0.189. The molecule has 1 aliphatic heterocycles. The van der Waals surface area contributed by atoms with Crippen LogP contribution in [0.4, 0.5) is 5.69 Å². The van der Waals surface area contributed by atoms with Crippen molar-refractivity contribution >= 4 is 69.2 Å². The molecule has 0 saturated carbocycles. The lowest BCUT2D eigenvalue weighted by Crippen LogP contribution is -2.27. The molecule has 3 aromatic carbocycles. The number of thioether (sulfide) groups is 1. The highest BCUT2D eigenvalue weighted by atomic mass is 35.5. The maximum absolute atomic E-state index is 13.1. The van der Waals surface area contributed by atoms with Crippen molar-refractivity contribution in [1.82, 2.24) is 0 Å². The minimum Gasteiger partial charge on any atom is -0.490 e. The van der Waals surface area contributed by atoms with Crippen LogP contribution >= 0.6 is 47.2 Å². The highest BCUT2D eigenvalue weighted by Crippen LogP contribution is 2.39. The first kappa shape index (κ1) is 23.6. The number of benzene rings is 3. The summed E-state index contributed by atoms with van der Waals surface area (Å²) in [5.41, 5.74) is 2.43. The van der Waals surface area contributed by atoms with Crippen molar-refractivity contribution < 1.29 is 14.3 Å². The number of halogens is 2. The predicted molar refractivity (Wildman–Crippen MR) is 141 cm³/mol. The van der Waals surface area contributed by atoms with Crippen LogP contribution < -0.4 is 14.4 Å². The summed E-state index contributed by atoms with van der Waals surface area (Å²) in [6, 6.07) is 20.4. The lowest BCUT2D eigenvalue weighted by atomic mass is 10.1. The van der Waals surface area contributed by atoms with Gasteiger partial charge in [-0.25, -0.2) is 0 Å². The molecule has 1 amide bonds. The smallest absolute Gasteiger partial charge is 0.270 e. The number of amides is 1. The van der Waals surface area contributed by atoms with Gasteiger partial charge in [0.1, 0.15) is 24.7 Å². The van der Waals surface area contributed by atoms with E-state index in [9.17, 15) is 4.79 Å². The van der Waals surface area contributed by atoms with Gasteiger partial charge in [-0.15, -0.1) is 0 Å². The van der Waals surface area contributed by atoms with Crippen molar-refractivity contribution in [1.29, 1.82) is 0 Å². The lowest BCUT2D eigenvalue weighted by molar-refractivity contribution is -0.113. The van der Waals surface area contributed by atoms with Crippen LogP contribution in [0.25, 0.3) is 6.08 Å². The van der Waals surface area contributed by atoms with Gasteiger partial charge in [0.25, 0.3) is 5.91 Å². The van der Waals surface area contributed by atoms with Gasteiger partial charge in [-0.3, -0.25) is 9.69 Å². The summed E-state index contributed by atoms with van der Waals surface area (Å²) in [6.45, 7) is 2.60. The van der Waals surface area contributed by atoms with Crippen LogP contribution in [0.5, 0.6) is 11.5 Å². The van der Waals surface area contributed by atoms with Crippen LogP contribution in [-0.4, -0.2) is 23.4 Å². The Labute approximate surface area is 212 Å². The minimum atomic E-state index is -0.207. The second kappa shape index (κ2) is 10.6. The third-order valence-electron chi connectivity index (χ3n) is 4.72. The number of aryl methyl sites for hydroxylation is 1. The van der Waals surface area contributed by atoms with Crippen molar-refractivity contribution in [2.24, 2.45) is 0 Å². The Morgan fingerprint density at radius 2 is 1.76 bits per heavy atom. The first-order valence-electron chi connectivity index (χ1n) is 10.1. The molecule has 4 nitrogen and oxygen atoms in total. The van der Waals surface area contributed by atoms with E-state index in [1.54, 1.807) is 18.2 Å². The number of carbonyl (C=O) groups is 1. The summed E-state index contributed by atoms with van der Waals surface area (Å²) in [6.07, 6.45) is 1.71. The van der Waals surface area contributed by atoms with Gasteiger partial charge in [0.2, 0.25) is 0 Å². The number of thiocarbonyl (C=S) groups is 1. The summed E-state index contributed by atoms with van der Waals surface area (Å²) in [4.78, 5) is 15.0. The number of ether oxygens (including phenoxy) is 2. The first-order valence-corrected chi connectivity index (χ1v) is 12.0. The van der Waals surface area contributed by atoms with Crippen LogP contribution in [0.1, 0.15) is 11.1 Å². The molecule has 33 heavy (non-hydrogen) atoms. The molecule has 0 aliphatic carbocycles. The van der Waals surface area contributed by atoms with E-state index >= 15 is 0 Å². The average molecular weight is 516 g/mol. The molecule has 3 aromatic rings. The second-order valence-corrected chi connectivity index (χ2v) is 9.69. The first-order chi connectivity index (χ1) is 15.9. The highest BCUT2D eigenvalue weighted by molar-refractivity contribution is 8.27. The Balaban J connectivity index is 1.52. The van der Waals surface area contributed by atoms with E-state index in [1.165, 1.54) is 16.7 Å². The van der Waals surface area contributed by atoms with Gasteiger partial charge in [-0.05, 0) is 55.0 Å². The van der Waals surface area contributed by atoms with Crippen molar-refractivity contribution in [2.75, 3.05) is 18.1 Å². The number of para-hydroxylation sites is 1. The van der Waals surface area contributed by atoms with Gasteiger partial charge in [0, 0.05) is 10.6 Å². The molecule has 1 heterocycles. The third-order valence-corrected chi connectivity index (χ3v) is 6.52. The maximum atomic E-state index is 13.1. The number of hydrogen-bond donors (Lipinski definition) is 0. The van der Waals surface area contributed by atoms with E-state index in [-0.39, 0.29) is 12.5 Å². The Morgan fingerprint density at radius 1 is 1.00 bits per heavy atom. The molecule has 1 saturated heterocycles. The predicted octanol–water partition coefficient (Wildman–Crippen LogP) is 7.17. The normalized spacial score (nSPS) is 14.8. The molecular formula is C25H19Cl2NO3S2. The molecule has 0 aromatic heterocycles. The van der Waals surface area contributed by atoms with E-state index < -0.39 is 0 Å². The summed E-state index contributed by atoms with van der Waals surface area (Å²) < 4.78 is 12.1. The van der Waals surface area contributed by atoms with Crippen LogP contribution in [-0.2, 0) is 4.79 Å². The molecule has 0 spiro atoms. The summed E-state index contributed by atoms with van der Waals surface area (Å²) in [5, 5.41) is 0.788. The third kappa shape index (κ3) is 5.71. The molecule has 1 fully saturated rings. The maximum Gasteiger partial charge on any atom is 0.270 e. The van der Waals surface area contributed by atoms with E-state index in [4.69, 9.17) is 44.9 Å². The fraction of sp³-hybridized carbons (Fsp3) is 0.120. The molecule has 0 radical (unpaired) electrons. The molecule has 4 rings (SSSR count). The Bertz CT molecular complexity index is 1230. The zero-order valence-corrected chi connectivity index (χ0v) is 20.7. The summed E-state index contributed by atoms with van der Waals surface area (Å²) in [7, 11) is 0. The van der Waals surface area contributed by atoms with Crippen LogP contribution in [0, 0.1) is 6.92 Å². The standard InChI is InChI=1S/C25H19Cl2NO3S2/c1-16-6-5-9-20(12-16)30-10-11-31-23-17(13-18(26)15-21(23)27)14-22-24(29)28(25(32)33-22)19-7-3-2-4-8-19/h2-9,12-15H,10-11H2,1H3. The lowest BCUT2D eigenvalue weighted by Gasteiger charge is -2.14. The highest BCUT2D eigenvalue weighted by Gasteiger charge is 2.33. The molecular weight excluding hydrogens is 497 g/mol. The van der Waals surface area contributed by atoms with Gasteiger partial charge >= 0.3 is 0 Å². The average Bonchev–Trinajstić information content (AvgIpc) is 3.06. The van der Waals surface area contributed by atoms with Crippen molar-refractivity contribution in [3.8, 4) is 11.5 Å². The molecule has 168 valence electrons. The minimum absolute atomic E-state index is 0.207. The summed E-state index contributed by atoms with van der Waals surface area (Å²) in [5.74, 6) is 0.991. The van der Waals surface area contributed by atoms with Crippen molar-refractivity contribution in [3.05, 3.63) is 92.8 Å².